The van der Waals surface area contributed by atoms with E-state index in [-0.39, 0.29) is 6.23 Å². The van der Waals surface area contributed by atoms with E-state index in [2.05, 4.69) is 27.1 Å². The molecule has 0 saturated carbocycles. The Bertz CT molecular complexity index is 787. The summed E-state index contributed by atoms with van der Waals surface area (Å²) in [7, 11) is 0. The highest BCUT2D eigenvalue weighted by molar-refractivity contribution is 5.81. The highest BCUT2D eigenvalue weighted by Crippen LogP contribution is 2.28. The fourth-order valence-corrected chi connectivity index (χ4v) is 2.71. The van der Waals surface area contributed by atoms with Gasteiger partial charge in [0.25, 0.3) is 0 Å². The van der Waals surface area contributed by atoms with Gasteiger partial charge in [-0.3, -0.25) is 9.40 Å². The van der Waals surface area contributed by atoms with E-state index >= 15 is 0 Å². The second-order valence-corrected chi connectivity index (χ2v) is 5.28. The van der Waals surface area contributed by atoms with Crippen molar-refractivity contribution in [2.45, 2.75) is 19.2 Å². The fourth-order valence-electron chi connectivity index (χ4n) is 2.71. The Labute approximate surface area is 127 Å². The van der Waals surface area contributed by atoms with E-state index in [9.17, 15) is 0 Å². The number of imidazole rings is 1. The summed E-state index contributed by atoms with van der Waals surface area (Å²) in [6, 6.07) is 10.3. The summed E-state index contributed by atoms with van der Waals surface area (Å²) in [5.74, 6) is 0.392. The number of hydroxylamine groups is 2. The van der Waals surface area contributed by atoms with Gasteiger partial charge in [-0.2, -0.15) is 5.06 Å². The molecule has 1 saturated heterocycles. The van der Waals surface area contributed by atoms with Crippen LogP contribution in [-0.2, 0) is 11.4 Å². The van der Waals surface area contributed by atoms with Crippen molar-refractivity contribution in [2.24, 2.45) is 0 Å². The van der Waals surface area contributed by atoms with Gasteiger partial charge in [-0.15, -0.1) is 0 Å². The zero-order chi connectivity index (χ0) is 14.9. The second-order valence-electron chi connectivity index (χ2n) is 5.28. The molecular weight excluding hydrogens is 280 g/mol. The highest BCUT2D eigenvalue weighted by Gasteiger charge is 2.27. The van der Waals surface area contributed by atoms with Gasteiger partial charge >= 0.3 is 0 Å². The van der Waals surface area contributed by atoms with Crippen molar-refractivity contribution < 1.29 is 4.84 Å². The Hall–Kier alpha value is -2.51. The Morgan fingerprint density at radius 3 is 2.91 bits per heavy atom. The molecule has 1 atom stereocenters. The van der Waals surface area contributed by atoms with Crippen LogP contribution in [0, 0.1) is 0 Å². The Kier molecular flexibility index (Phi) is 3.21. The predicted octanol–water partition coefficient (Wildman–Crippen LogP) is 1.74. The molecule has 7 nitrogen and oxygen atoms in total. The van der Waals surface area contributed by atoms with Gasteiger partial charge in [0.15, 0.2) is 17.7 Å². The maximum absolute atomic E-state index is 6.01. The van der Waals surface area contributed by atoms with Crippen LogP contribution < -0.4 is 5.73 Å². The zero-order valence-electron chi connectivity index (χ0n) is 12.0. The second kappa shape index (κ2) is 5.36. The minimum Gasteiger partial charge on any atom is -0.382 e. The van der Waals surface area contributed by atoms with Crippen molar-refractivity contribution >= 4 is 17.0 Å². The summed E-state index contributed by atoms with van der Waals surface area (Å²) >= 11 is 0. The Balaban J connectivity index is 1.53. The first-order valence-corrected chi connectivity index (χ1v) is 7.20. The number of anilines is 1. The highest BCUT2D eigenvalue weighted by atomic mass is 16.7. The maximum atomic E-state index is 6.01. The summed E-state index contributed by atoms with van der Waals surface area (Å²) < 4.78 is 1.92. The van der Waals surface area contributed by atoms with Crippen LogP contribution in [-0.4, -0.2) is 31.1 Å². The molecule has 0 radical (unpaired) electrons. The van der Waals surface area contributed by atoms with Crippen molar-refractivity contribution in [3.63, 3.8) is 0 Å². The fraction of sp³-hybridized carbons (Fsp3) is 0.267. The van der Waals surface area contributed by atoms with E-state index in [1.54, 1.807) is 6.33 Å². The average molecular weight is 296 g/mol. The molecule has 0 aliphatic carbocycles. The number of aromatic nitrogens is 4. The van der Waals surface area contributed by atoms with Gasteiger partial charge in [0.05, 0.1) is 6.33 Å². The first-order valence-electron chi connectivity index (χ1n) is 7.20. The maximum Gasteiger partial charge on any atom is 0.167 e. The van der Waals surface area contributed by atoms with Crippen LogP contribution in [0.4, 0.5) is 5.82 Å². The van der Waals surface area contributed by atoms with Crippen molar-refractivity contribution in [3.05, 3.63) is 48.5 Å². The number of benzene rings is 1. The SMILES string of the molecule is Nc1ncnc2c1ncn2[C@H]1CCN(Cc2ccccc2)O1. The molecule has 0 amide bonds. The zero-order valence-corrected chi connectivity index (χ0v) is 12.0. The van der Waals surface area contributed by atoms with E-state index in [0.29, 0.717) is 17.0 Å². The normalized spacial score (nSPS) is 19.0. The van der Waals surface area contributed by atoms with Crippen LogP contribution in [0.1, 0.15) is 18.2 Å². The number of nitrogen functional groups attached to an aromatic ring is 1. The number of hydrogen-bond donors (Lipinski definition) is 1. The van der Waals surface area contributed by atoms with Crippen LogP contribution in [0.3, 0.4) is 0 Å². The molecule has 0 spiro atoms. The van der Waals surface area contributed by atoms with Gasteiger partial charge in [0.1, 0.15) is 11.8 Å². The number of fused-ring (bicyclic) bond motifs is 1. The van der Waals surface area contributed by atoms with Crippen LogP contribution in [0.25, 0.3) is 11.2 Å². The monoisotopic (exact) mass is 296 g/mol. The van der Waals surface area contributed by atoms with Crippen molar-refractivity contribution in [3.8, 4) is 0 Å². The van der Waals surface area contributed by atoms with E-state index in [1.165, 1.54) is 11.9 Å². The average Bonchev–Trinajstić information content (AvgIpc) is 3.15. The molecule has 4 rings (SSSR count). The third-order valence-corrected chi connectivity index (χ3v) is 3.80. The third kappa shape index (κ3) is 2.30. The standard InChI is InChI=1S/C15H16N6O/c16-14-13-15(18-9-17-14)21(10-19-13)12-6-7-20(22-12)8-11-4-2-1-3-5-11/h1-5,9-10,12H,6-8H2,(H2,16,17,18)/t12-/m1/s1. The van der Waals surface area contributed by atoms with Crippen LogP contribution >= 0.6 is 0 Å². The smallest absolute Gasteiger partial charge is 0.167 e. The van der Waals surface area contributed by atoms with Crippen molar-refractivity contribution in [1.82, 2.24) is 24.6 Å². The molecule has 22 heavy (non-hydrogen) atoms. The minimum absolute atomic E-state index is 0.108. The summed E-state index contributed by atoms with van der Waals surface area (Å²) in [4.78, 5) is 18.5. The summed E-state index contributed by atoms with van der Waals surface area (Å²) in [5.41, 5.74) is 8.37. The molecule has 0 bridgehead atoms. The largest absolute Gasteiger partial charge is 0.382 e. The molecule has 1 fully saturated rings. The van der Waals surface area contributed by atoms with Gasteiger partial charge in [0.2, 0.25) is 0 Å². The van der Waals surface area contributed by atoms with E-state index < -0.39 is 0 Å². The Morgan fingerprint density at radius 1 is 1.18 bits per heavy atom. The number of rotatable bonds is 3. The molecule has 7 heteroatoms. The number of nitrogens with two attached hydrogens (primary N) is 1. The van der Waals surface area contributed by atoms with Crippen molar-refractivity contribution in [2.75, 3.05) is 12.3 Å². The van der Waals surface area contributed by atoms with Crippen LogP contribution in [0.15, 0.2) is 43.0 Å². The number of hydrogen-bond acceptors (Lipinski definition) is 6. The minimum atomic E-state index is -0.108. The van der Waals surface area contributed by atoms with E-state index in [0.717, 1.165) is 19.5 Å². The lowest BCUT2D eigenvalue weighted by atomic mass is 10.2. The molecule has 1 aliphatic rings. The summed E-state index contributed by atoms with van der Waals surface area (Å²) in [5, 5.41) is 1.97. The molecule has 3 heterocycles. The molecule has 1 aromatic carbocycles. The molecule has 3 aromatic rings. The van der Waals surface area contributed by atoms with E-state index in [1.807, 2.05) is 27.8 Å². The van der Waals surface area contributed by atoms with Gasteiger partial charge in [0, 0.05) is 19.5 Å². The van der Waals surface area contributed by atoms with Crippen LogP contribution in [0.2, 0.25) is 0 Å². The summed E-state index contributed by atoms with van der Waals surface area (Å²) in [6.07, 6.45) is 3.93. The molecule has 112 valence electrons. The predicted molar refractivity (Wildman–Crippen MR) is 81.3 cm³/mol. The first-order chi connectivity index (χ1) is 10.8. The lowest BCUT2D eigenvalue weighted by molar-refractivity contribution is -0.174. The van der Waals surface area contributed by atoms with Crippen LogP contribution in [0.5, 0.6) is 0 Å². The van der Waals surface area contributed by atoms with Gasteiger partial charge in [-0.1, -0.05) is 30.3 Å². The van der Waals surface area contributed by atoms with Gasteiger partial charge in [-0.25, -0.2) is 15.0 Å². The number of nitrogens with zero attached hydrogens (tertiary/aromatic N) is 5. The van der Waals surface area contributed by atoms with E-state index in [4.69, 9.17) is 10.6 Å². The lowest BCUT2D eigenvalue weighted by Crippen LogP contribution is -2.18. The van der Waals surface area contributed by atoms with Gasteiger partial charge in [-0.05, 0) is 5.56 Å². The topological polar surface area (TPSA) is 82.1 Å². The first kappa shape index (κ1) is 13.2. The molecule has 2 N–H and O–H groups in total. The van der Waals surface area contributed by atoms with Crippen molar-refractivity contribution in [1.29, 1.82) is 0 Å². The quantitative estimate of drug-likeness (QED) is 0.793. The molecule has 1 aliphatic heterocycles. The Morgan fingerprint density at radius 2 is 2.05 bits per heavy atom. The molecule has 0 unspecified atom stereocenters. The molecular formula is C15H16N6O. The lowest BCUT2D eigenvalue weighted by Gasteiger charge is -2.17. The van der Waals surface area contributed by atoms with Gasteiger partial charge < -0.3 is 5.73 Å². The summed E-state index contributed by atoms with van der Waals surface area (Å²) in [6.45, 7) is 1.63. The third-order valence-electron chi connectivity index (χ3n) is 3.80. The molecule has 2 aromatic heterocycles.